The van der Waals surface area contributed by atoms with Crippen molar-refractivity contribution >= 4 is 11.6 Å². The maximum absolute atomic E-state index is 12.9. The molecule has 122 valence electrons. The van der Waals surface area contributed by atoms with Crippen molar-refractivity contribution in [3.8, 4) is 0 Å². The summed E-state index contributed by atoms with van der Waals surface area (Å²) < 4.78 is 40.3. The van der Waals surface area contributed by atoms with Crippen LogP contribution in [-0.2, 0) is 12.7 Å². The fourth-order valence-electron chi connectivity index (χ4n) is 2.36. The van der Waals surface area contributed by atoms with Crippen molar-refractivity contribution in [2.75, 3.05) is 5.32 Å². The van der Waals surface area contributed by atoms with Crippen molar-refractivity contribution in [2.45, 2.75) is 38.4 Å². The molecule has 3 rings (SSSR count). The van der Waals surface area contributed by atoms with Crippen molar-refractivity contribution in [1.29, 1.82) is 0 Å². The van der Waals surface area contributed by atoms with E-state index in [1.807, 2.05) is 6.92 Å². The van der Waals surface area contributed by atoms with E-state index in [1.165, 1.54) is 16.8 Å². The van der Waals surface area contributed by atoms with Gasteiger partial charge in [0.05, 0.1) is 11.4 Å². The van der Waals surface area contributed by atoms with Gasteiger partial charge in [0.2, 0.25) is 0 Å². The molecule has 8 heteroatoms. The summed E-state index contributed by atoms with van der Waals surface area (Å²) >= 11 is 0. The van der Waals surface area contributed by atoms with E-state index in [-0.39, 0.29) is 11.4 Å². The van der Waals surface area contributed by atoms with Crippen molar-refractivity contribution < 1.29 is 18.0 Å². The van der Waals surface area contributed by atoms with Gasteiger partial charge in [-0.2, -0.15) is 18.3 Å². The number of rotatable bonds is 4. The lowest BCUT2D eigenvalue weighted by Crippen LogP contribution is -2.20. The summed E-state index contributed by atoms with van der Waals surface area (Å²) in [6.07, 6.45) is -1.53. The van der Waals surface area contributed by atoms with Crippen LogP contribution in [0.1, 0.15) is 47.6 Å². The van der Waals surface area contributed by atoms with E-state index in [1.54, 1.807) is 6.07 Å². The second kappa shape index (κ2) is 5.68. The number of anilines is 1. The molecule has 2 aromatic heterocycles. The fraction of sp³-hybridized carbons (Fsp3) is 0.400. The highest BCUT2D eigenvalue weighted by atomic mass is 19.4. The summed E-state index contributed by atoms with van der Waals surface area (Å²) in [6.45, 7) is 2.29. The van der Waals surface area contributed by atoms with Gasteiger partial charge in [0.15, 0.2) is 5.69 Å². The molecule has 0 unspecified atom stereocenters. The first-order valence-electron chi connectivity index (χ1n) is 7.31. The minimum Gasteiger partial charge on any atom is -0.319 e. The van der Waals surface area contributed by atoms with Crippen LogP contribution in [0.15, 0.2) is 24.4 Å². The number of halogens is 3. The van der Waals surface area contributed by atoms with Crippen LogP contribution in [-0.4, -0.2) is 20.7 Å². The van der Waals surface area contributed by atoms with E-state index < -0.39 is 17.8 Å². The molecule has 0 atom stereocenters. The number of hydrogen-bond donors (Lipinski definition) is 1. The SMILES string of the molecule is CCn1nc(C2CC2)cc1C(=O)Nc1cccnc1C(F)(F)F. The van der Waals surface area contributed by atoms with Crippen LogP contribution in [0.25, 0.3) is 0 Å². The van der Waals surface area contributed by atoms with Gasteiger partial charge in [-0.15, -0.1) is 0 Å². The molecule has 0 aliphatic heterocycles. The van der Waals surface area contributed by atoms with E-state index in [0.717, 1.165) is 24.7 Å². The first kappa shape index (κ1) is 15.5. The summed E-state index contributed by atoms with van der Waals surface area (Å²) in [4.78, 5) is 15.7. The molecule has 1 N–H and O–H groups in total. The molecular formula is C15H15F3N4O. The van der Waals surface area contributed by atoms with Gasteiger partial charge in [-0.25, -0.2) is 4.98 Å². The summed E-state index contributed by atoms with van der Waals surface area (Å²) in [7, 11) is 0. The third-order valence-corrected chi connectivity index (χ3v) is 3.65. The molecule has 1 amide bonds. The average Bonchev–Trinajstić information content (AvgIpc) is 3.25. The quantitative estimate of drug-likeness (QED) is 0.937. The van der Waals surface area contributed by atoms with Crippen LogP contribution >= 0.6 is 0 Å². The Labute approximate surface area is 130 Å². The molecule has 0 aromatic carbocycles. The van der Waals surface area contributed by atoms with Crippen LogP contribution in [0.2, 0.25) is 0 Å². The minimum atomic E-state index is -4.63. The zero-order valence-corrected chi connectivity index (χ0v) is 12.4. The average molecular weight is 324 g/mol. The van der Waals surface area contributed by atoms with Crippen molar-refractivity contribution in [2.24, 2.45) is 0 Å². The first-order chi connectivity index (χ1) is 10.9. The predicted molar refractivity (Wildman–Crippen MR) is 77.1 cm³/mol. The lowest BCUT2D eigenvalue weighted by Gasteiger charge is -2.12. The molecule has 5 nitrogen and oxygen atoms in total. The summed E-state index contributed by atoms with van der Waals surface area (Å²) in [5, 5.41) is 6.64. The highest BCUT2D eigenvalue weighted by Crippen LogP contribution is 2.39. The van der Waals surface area contributed by atoms with E-state index in [9.17, 15) is 18.0 Å². The zero-order chi connectivity index (χ0) is 16.6. The lowest BCUT2D eigenvalue weighted by atomic mass is 10.2. The number of nitrogens with one attached hydrogen (secondary N) is 1. The van der Waals surface area contributed by atoms with E-state index in [2.05, 4.69) is 15.4 Å². The lowest BCUT2D eigenvalue weighted by molar-refractivity contribution is -0.140. The number of pyridine rings is 1. The van der Waals surface area contributed by atoms with E-state index >= 15 is 0 Å². The Bertz CT molecular complexity index is 735. The standard InChI is InChI=1S/C15H15F3N4O/c1-2-22-12(8-11(21-22)9-5-6-9)14(23)20-10-4-3-7-19-13(10)15(16,17)18/h3-4,7-9H,2,5-6H2,1H3,(H,20,23). The van der Waals surface area contributed by atoms with Gasteiger partial charge in [0, 0.05) is 18.7 Å². The third kappa shape index (κ3) is 3.20. The molecule has 23 heavy (non-hydrogen) atoms. The molecule has 2 aromatic rings. The second-order valence-electron chi connectivity index (χ2n) is 5.40. The second-order valence-corrected chi connectivity index (χ2v) is 5.40. The number of carbonyl (C=O) groups is 1. The monoisotopic (exact) mass is 324 g/mol. The van der Waals surface area contributed by atoms with Gasteiger partial charge in [0.25, 0.3) is 5.91 Å². The number of aryl methyl sites for hydroxylation is 1. The maximum Gasteiger partial charge on any atom is 0.435 e. The number of hydrogen-bond acceptors (Lipinski definition) is 3. The molecule has 2 heterocycles. The van der Waals surface area contributed by atoms with Crippen molar-refractivity contribution in [3.05, 3.63) is 41.5 Å². The van der Waals surface area contributed by atoms with Crippen LogP contribution in [0.4, 0.5) is 18.9 Å². The Morgan fingerprint density at radius 2 is 2.17 bits per heavy atom. The van der Waals surface area contributed by atoms with Crippen molar-refractivity contribution in [1.82, 2.24) is 14.8 Å². The fourth-order valence-corrected chi connectivity index (χ4v) is 2.36. The highest BCUT2D eigenvalue weighted by molar-refractivity contribution is 6.03. The molecule has 0 bridgehead atoms. The number of alkyl halides is 3. The number of amides is 1. The number of aromatic nitrogens is 3. The Kier molecular flexibility index (Phi) is 3.83. The maximum atomic E-state index is 12.9. The van der Waals surface area contributed by atoms with E-state index in [0.29, 0.717) is 12.5 Å². The molecule has 0 spiro atoms. The van der Waals surface area contributed by atoms with Gasteiger partial charge in [-0.1, -0.05) is 0 Å². The van der Waals surface area contributed by atoms with Gasteiger partial charge in [0.1, 0.15) is 5.69 Å². The van der Waals surface area contributed by atoms with Crippen LogP contribution in [0.3, 0.4) is 0 Å². The van der Waals surface area contributed by atoms with Gasteiger partial charge in [-0.3, -0.25) is 9.48 Å². The predicted octanol–water partition coefficient (Wildman–Crippen LogP) is 3.45. The van der Waals surface area contributed by atoms with Gasteiger partial charge < -0.3 is 5.32 Å². The Balaban J connectivity index is 1.88. The molecule has 0 saturated heterocycles. The summed E-state index contributed by atoms with van der Waals surface area (Å²) in [6, 6.07) is 4.18. The van der Waals surface area contributed by atoms with Crippen molar-refractivity contribution in [3.63, 3.8) is 0 Å². The normalized spacial score (nSPS) is 14.8. The van der Waals surface area contributed by atoms with Gasteiger partial charge >= 0.3 is 6.18 Å². The molecule has 1 aliphatic rings. The topological polar surface area (TPSA) is 59.8 Å². The molecule has 1 saturated carbocycles. The molecule has 0 radical (unpaired) electrons. The molecular weight excluding hydrogens is 309 g/mol. The van der Waals surface area contributed by atoms with Crippen LogP contribution in [0, 0.1) is 0 Å². The highest BCUT2D eigenvalue weighted by Gasteiger charge is 2.36. The Morgan fingerprint density at radius 3 is 2.78 bits per heavy atom. The number of nitrogens with zero attached hydrogens (tertiary/aromatic N) is 3. The summed E-state index contributed by atoms with van der Waals surface area (Å²) in [5.41, 5.74) is -0.397. The van der Waals surface area contributed by atoms with E-state index in [4.69, 9.17) is 0 Å². The third-order valence-electron chi connectivity index (χ3n) is 3.65. The molecule has 1 fully saturated rings. The Hall–Kier alpha value is -2.38. The van der Waals surface area contributed by atoms with Crippen LogP contribution < -0.4 is 5.32 Å². The first-order valence-corrected chi connectivity index (χ1v) is 7.31. The largest absolute Gasteiger partial charge is 0.435 e. The summed E-state index contributed by atoms with van der Waals surface area (Å²) in [5.74, 6) is -0.261. The van der Waals surface area contributed by atoms with Gasteiger partial charge in [-0.05, 0) is 38.0 Å². The smallest absolute Gasteiger partial charge is 0.319 e. The molecule has 1 aliphatic carbocycles. The Morgan fingerprint density at radius 1 is 1.43 bits per heavy atom. The van der Waals surface area contributed by atoms with Crippen LogP contribution in [0.5, 0.6) is 0 Å². The number of carbonyl (C=O) groups excluding carboxylic acids is 1. The zero-order valence-electron chi connectivity index (χ0n) is 12.4. The minimum absolute atomic E-state index is 0.256.